The lowest BCUT2D eigenvalue weighted by Crippen LogP contribution is -2.27. The Hall–Kier alpha value is -4.05. The van der Waals surface area contributed by atoms with Crippen molar-refractivity contribution in [3.63, 3.8) is 0 Å². The average molecular weight is 402 g/mol. The molecule has 3 rings (SSSR count). The fourth-order valence-electron chi connectivity index (χ4n) is 2.97. The maximum Gasteiger partial charge on any atom is 0.263 e. The number of fused-ring (bicyclic) bond motifs is 1. The first kappa shape index (κ1) is 20.7. The number of benzene rings is 2. The summed E-state index contributed by atoms with van der Waals surface area (Å²) in [4.78, 5) is 16.7. The maximum atomic E-state index is 12.4. The quantitative estimate of drug-likeness (QED) is 0.443. The zero-order chi connectivity index (χ0) is 21.3. The standard InChI is InChI=1S/C23H22N4O3/c1-29-20-9-8-16(13-21(20)30-2)10-12-26-23(28)18(14-24)15-27-19-7-3-5-17-6-4-11-25-22(17)19/h3-9,11,13,15,27H,10,12H2,1-2H3,(H,26,28)/b18-15-. The summed E-state index contributed by atoms with van der Waals surface area (Å²) in [5.74, 6) is 0.833. The first-order valence-electron chi connectivity index (χ1n) is 9.36. The summed E-state index contributed by atoms with van der Waals surface area (Å²) in [5.41, 5.74) is 2.45. The van der Waals surface area contributed by atoms with Crippen LogP contribution in [-0.2, 0) is 11.2 Å². The molecule has 0 atom stereocenters. The number of hydrogen-bond acceptors (Lipinski definition) is 6. The Bertz CT molecular complexity index is 1110. The first-order valence-corrected chi connectivity index (χ1v) is 9.36. The van der Waals surface area contributed by atoms with E-state index in [1.54, 1.807) is 20.4 Å². The second-order valence-electron chi connectivity index (χ2n) is 6.39. The molecule has 0 saturated carbocycles. The molecule has 0 aliphatic heterocycles. The number of aromatic nitrogens is 1. The van der Waals surface area contributed by atoms with E-state index in [1.165, 1.54) is 6.20 Å². The number of hydrogen-bond donors (Lipinski definition) is 2. The molecule has 7 heteroatoms. The van der Waals surface area contributed by atoms with Gasteiger partial charge in [-0.1, -0.05) is 24.3 Å². The lowest BCUT2D eigenvalue weighted by Gasteiger charge is -2.10. The summed E-state index contributed by atoms with van der Waals surface area (Å²) in [7, 11) is 3.15. The minimum absolute atomic E-state index is 0.0183. The van der Waals surface area contributed by atoms with Crippen LogP contribution >= 0.6 is 0 Å². The topological polar surface area (TPSA) is 96.3 Å². The third kappa shape index (κ3) is 4.86. The normalized spacial score (nSPS) is 10.9. The van der Waals surface area contributed by atoms with Gasteiger partial charge in [-0.3, -0.25) is 9.78 Å². The van der Waals surface area contributed by atoms with Gasteiger partial charge in [0.15, 0.2) is 11.5 Å². The predicted molar refractivity (Wildman–Crippen MR) is 115 cm³/mol. The first-order chi connectivity index (χ1) is 14.7. The van der Waals surface area contributed by atoms with Crippen molar-refractivity contribution in [1.29, 1.82) is 5.26 Å². The van der Waals surface area contributed by atoms with Gasteiger partial charge in [-0.2, -0.15) is 5.26 Å². The molecule has 1 aromatic heterocycles. The van der Waals surface area contributed by atoms with E-state index in [0.29, 0.717) is 24.5 Å². The molecule has 1 amide bonds. The second-order valence-corrected chi connectivity index (χ2v) is 6.39. The monoisotopic (exact) mass is 402 g/mol. The van der Waals surface area contributed by atoms with Crippen LogP contribution in [0.25, 0.3) is 10.9 Å². The van der Waals surface area contributed by atoms with Crippen molar-refractivity contribution >= 4 is 22.5 Å². The van der Waals surface area contributed by atoms with Crippen molar-refractivity contribution < 1.29 is 14.3 Å². The Morgan fingerprint density at radius 1 is 1.13 bits per heavy atom. The number of rotatable bonds is 8. The van der Waals surface area contributed by atoms with Crippen LogP contribution in [0, 0.1) is 11.3 Å². The molecular formula is C23H22N4O3. The van der Waals surface area contributed by atoms with Crippen molar-refractivity contribution in [2.75, 3.05) is 26.1 Å². The van der Waals surface area contributed by atoms with Gasteiger partial charge in [-0.15, -0.1) is 0 Å². The Morgan fingerprint density at radius 2 is 1.93 bits per heavy atom. The van der Waals surface area contributed by atoms with Gasteiger partial charge < -0.3 is 20.1 Å². The molecule has 0 fully saturated rings. The van der Waals surface area contributed by atoms with Gasteiger partial charge in [0.05, 0.1) is 25.4 Å². The summed E-state index contributed by atoms with van der Waals surface area (Å²) >= 11 is 0. The fourth-order valence-corrected chi connectivity index (χ4v) is 2.97. The Kier molecular flexibility index (Phi) is 6.85. The summed E-state index contributed by atoms with van der Waals surface area (Å²) < 4.78 is 10.5. The zero-order valence-electron chi connectivity index (χ0n) is 16.8. The molecular weight excluding hydrogens is 380 g/mol. The molecule has 2 aromatic carbocycles. The zero-order valence-corrected chi connectivity index (χ0v) is 16.8. The summed E-state index contributed by atoms with van der Waals surface area (Å²) in [6.45, 7) is 0.378. The van der Waals surface area contributed by atoms with Crippen LogP contribution in [0.3, 0.4) is 0 Å². The van der Waals surface area contributed by atoms with E-state index in [4.69, 9.17) is 9.47 Å². The number of methoxy groups -OCH3 is 2. The van der Waals surface area contributed by atoms with E-state index >= 15 is 0 Å². The van der Waals surface area contributed by atoms with Crippen molar-refractivity contribution in [3.05, 3.63) is 72.1 Å². The smallest absolute Gasteiger partial charge is 0.263 e. The summed E-state index contributed by atoms with van der Waals surface area (Å²) in [5, 5.41) is 16.1. The number of anilines is 1. The molecule has 0 aliphatic rings. The van der Waals surface area contributed by atoms with E-state index in [2.05, 4.69) is 15.6 Å². The largest absolute Gasteiger partial charge is 0.493 e. The van der Waals surface area contributed by atoms with E-state index in [-0.39, 0.29) is 5.57 Å². The Labute approximate surface area is 175 Å². The Balaban J connectivity index is 1.61. The van der Waals surface area contributed by atoms with Crippen molar-refractivity contribution in [2.24, 2.45) is 0 Å². The molecule has 0 aliphatic carbocycles. The highest BCUT2D eigenvalue weighted by Crippen LogP contribution is 2.27. The van der Waals surface area contributed by atoms with Gasteiger partial charge in [-0.05, 0) is 36.2 Å². The predicted octanol–water partition coefficient (Wildman–Crippen LogP) is 3.43. The molecule has 0 bridgehead atoms. The molecule has 0 saturated heterocycles. The van der Waals surface area contributed by atoms with Gasteiger partial charge >= 0.3 is 0 Å². The van der Waals surface area contributed by atoms with Gasteiger partial charge in [0.2, 0.25) is 0 Å². The van der Waals surface area contributed by atoms with Crippen LogP contribution in [0.2, 0.25) is 0 Å². The van der Waals surface area contributed by atoms with Crippen molar-refractivity contribution in [2.45, 2.75) is 6.42 Å². The minimum atomic E-state index is -0.446. The minimum Gasteiger partial charge on any atom is -0.493 e. The van der Waals surface area contributed by atoms with E-state index in [1.807, 2.05) is 54.6 Å². The maximum absolute atomic E-state index is 12.4. The number of carbonyl (C=O) groups excluding carboxylic acids is 1. The third-order valence-corrected chi connectivity index (χ3v) is 4.52. The second kappa shape index (κ2) is 9.94. The van der Waals surface area contributed by atoms with Crippen LogP contribution in [0.1, 0.15) is 5.56 Å². The summed E-state index contributed by atoms with van der Waals surface area (Å²) in [6.07, 6.45) is 3.68. The highest BCUT2D eigenvalue weighted by atomic mass is 16.5. The summed E-state index contributed by atoms with van der Waals surface area (Å²) in [6, 6.07) is 17.0. The van der Waals surface area contributed by atoms with Gasteiger partial charge in [0.25, 0.3) is 5.91 Å². The lowest BCUT2D eigenvalue weighted by molar-refractivity contribution is -0.117. The number of amides is 1. The van der Waals surface area contributed by atoms with Gasteiger partial charge in [0, 0.05) is 24.3 Å². The van der Waals surface area contributed by atoms with Crippen LogP contribution in [0.5, 0.6) is 11.5 Å². The average Bonchev–Trinajstić information content (AvgIpc) is 2.79. The lowest BCUT2D eigenvalue weighted by atomic mass is 10.1. The van der Waals surface area contributed by atoms with Crippen molar-refractivity contribution in [3.8, 4) is 17.6 Å². The van der Waals surface area contributed by atoms with Crippen LogP contribution in [0.4, 0.5) is 5.69 Å². The molecule has 152 valence electrons. The van der Waals surface area contributed by atoms with E-state index in [0.717, 1.165) is 22.2 Å². The van der Waals surface area contributed by atoms with E-state index < -0.39 is 5.91 Å². The highest BCUT2D eigenvalue weighted by molar-refractivity contribution is 5.98. The molecule has 1 heterocycles. The Morgan fingerprint density at radius 3 is 2.70 bits per heavy atom. The number of pyridine rings is 1. The number of nitriles is 1. The molecule has 0 spiro atoms. The molecule has 2 N–H and O–H groups in total. The van der Waals surface area contributed by atoms with E-state index in [9.17, 15) is 10.1 Å². The number of nitrogens with one attached hydrogen (secondary N) is 2. The molecule has 7 nitrogen and oxygen atoms in total. The number of ether oxygens (including phenoxy) is 2. The molecule has 30 heavy (non-hydrogen) atoms. The third-order valence-electron chi connectivity index (χ3n) is 4.52. The van der Waals surface area contributed by atoms with Crippen LogP contribution in [-0.4, -0.2) is 31.7 Å². The molecule has 0 unspecified atom stereocenters. The van der Waals surface area contributed by atoms with Crippen LogP contribution < -0.4 is 20.1 Å². The number of para-hydroxylation sites is 1. The van der Waals surface area contributed by atoms with Crippen molar-refractivity contribution in [1.82, 2.24) is 10.3 Å². The number of nitrogens with zero attached hydrogens (tertiary/aromatic N) is 2. The fraction of sp³-hybridized carbons (Fsp3) is 0.174. The van der Waals surface area contributed by atoms with Gasteiger partial charge in [0.1, 0.15) is 11.6 Å². The SMILES string of the molecule is COc1ccc(CCNC(=O)/C(C#N)=C\Nc2cccc3cccnc23)cc1OC. The highest BCUT2D eigenvalue weighted by Gasteiger charge is 2.10. The van der Waals surface area contributed by atoms with Crippen LogP contribution in [0.15, 0.2) is 66.5 Å². The van der Waals surface area contributed by atoms with Gasteiger partial charge in [-0.25, -0.2) is 0 Å². The number of carbonyl (C=O) groups is 1. The molecule has 3 aromatic rings. The molecule has 0 radical (unpaired) electrons.